The minimum absolute atomic E-state index is 0.0399. The molecule has 2 rings (SSSR count). The van der Waals surface area contributed by atoms with E-state index in [1.807, 2.05) is 0 Å². The molecule has 0 saturated carbocycles. The van der Waals surface area contributed by atoms with E-state index in [1.54, 1.807) is 19.9 Å². The third-order valence-corrected chi connectivity index (χ3v) is 5.34. The second-order valence-corrected chi connectivity index (χ2v) is 7.54. The number of aliphatic hydroxyl groups is 1. The molecule has 1 heterocycles. The number of nitrogens with one attached hydrogen (secondary N) is 1. The van der Waals surface area contributed by atoms with Crippen molar-refractivity contribution in [2.45, 2.75) is 31.3 Å². The highest BCUT2D eigenvalue weighted by atomic mass is 35.5. The Labute approximate surface area is 146 Å². The molecular weight excluding hydrogens is 354 g/mol. The summed E-state index contributed by atoms with van der Waals surface area (Å²) in [4.78, 5) is 0.0399. The predicted molar refractivity (Wildman–Crippen MR) is 91.0 cm³/mol. The molecule has 1 unspecified atom stereocenters. The Kier molecular flexibility index (Phi) is 5.92. The third kappa shape index (κ3) is 4.30. The lowest BCUT2D eigenvalue weighted by Crippen LogP contribution is -2.26. The molecule has 2 N–H and O–H groups in total. The molecule has 0 aliphatic rings. The molecule has 8 heteroatoms. The van der Waals surface area contributed by atoms with Crippen LogP contribution in [-0.4, -0.2) is 27.2 Å². The van der Waals surface area contributed by atoms with E-state index in [9.17, 15) is 13.5 Å². The van der Waals surface area contributed by atoms with Crippen LogP contribution in [0.4, 0.5) is 0 Å². The molecule has 0 aliphatic heterocycles. The lowest BCUT2D eigenvalue weighted by Gasteiger charge is -2.12. The van der Waals surface area contributed by atoms with Gasteiger partial charge in [0.2, 0.25) is 10.0 Å². The van der Waals surface area contributed by atoms with Gasteiger partial charge >= 0.3 is 0 Å². The Morgan fingerprint density at radius 3 is 2.58 bits per heavy atom. The Balaban J connectivity index is 2.00. The molecule has 2 aromatic rings. The minimum Gasteiger partial charge on any atom is -0.495 e. The number of methoxy groups -OCH3 is 1. The maximum absolute atomic E-state index is 12.3. The highest BCUT2D eigenvalue weighted by Gasteiger charge is 2.18. The number of aryl methyl sites for hydroxylation is 2. The molecule has 0 aliphatic carbocycles. The van der Waals surface area contributed by atoms with Crippen molar-refractivity contribution in [1.29, 1.82) is 0 Å². The second-order valence-electron chi connectivity index (χ2n) is 5.37. The molecule has 132 valence electrons. The standard InChI is InChI=1S/C16H20ClNO5S/c1-10-8-13(11(2)23-10)15(19)6-7-18-24(20,21)12-4-5-16(22-3)14(17)9-12/h4-5,8-9,15,18-19H,6-7H2,1-3H3. The zero-order valence-electron chi connectivity index (χ0n) is 13.7. The van der Waals surface area contributed by atoms with E-state index in [0.717, 1.165) is 0 Å². The smallest absolute Gasteiger partial charge is 0.240 e. The zero-order chi connectivity index (χ0) is 17.9. The van der Waals surface area contributed by atoms with Gasteiger partial charge in [-0.25, -0.2) is 13.1 Å². The van der Waals surface area contributed by atoms with Crippen molar-refractivity contribution in [2.75, 3.05) is 13.7 Å². The number of aliphatic hydroxyl groups excluding tert-OH is 1. The van der Waals surface area contributed by atoms with Crippen molar-refractivity contribution >= 4 is 21.6 Å². The SMILES string of the molecule is COc1ccc(S(=O)(=O)NCCC(O)c2cc(C)oc2C)cc1Cl. The average Bonchev–Trinajstić information content (AvgIpc) is 2.85. The summed E-state index contributed by atoms with van der Waals surface area (Å²) in [6.45, 7) is 3.63. The summed E-state index contributed by atoms with van der Waals surface area (Å²) in [6.07, 6.45) is -0.576. The van der Waals surface area contributed by atoms with Gasteiger partial charge < -0.3 is 14.3 Å². The van der Waals surface area contributed by atoms with Crippen LogP contribution in [0.25, 0.3) is 0 Å². The average molecular weight is 374 g/mol. The lowest BCUT2D eigenvalue weighted by molar-refractivity contribution is 0.167. The van der Waals surface area contributed by atoms with Crippen LogP contribution in [0.5, 0.6) is 5.75 Å². The third-order valence-electron chi connectivity index (χ3n) is 3.58. The number of hydrogen-bond acceptors (Lipinski definition) is 5. The summed E-state index contributed by atoms with van der Waals surface area (Å²) in [6, 6.07) is 5.97. The van der Waals surface area contributed by atoms with Gasteiger partial charge in [-0.15, -0.1) is 0 Å². The van der Waals surface area contributed by atoms with Crippen molar-refractivity contribution in [2.24, 2.45) is 0 Å². The lowest BCUT2D eigenvalue weighted by atomic mass is 10.1. The summed E-state index contributed by atoms with van der Waals surface area (Å²) >= 11 is 5.95. The molecule has 6 nitrogen and oxygen atoms in total. The molecular formula is C16H20ClNO5S. The van der Waals surface area contributed by atoms with Crippen LogP contribution in [0.15, 0.2) is 33.6 Å². The molecule has 1 aromatic carbocycles. The van der Waals surface area contributed by atoms with Crippen LogP contribution in [0.1, 0.15) is 29.6 Å². The van der Waals surface area contributed by atoms with Gasteiger partial charge in [0.1, 0.15) is 17.3 Å². The number of rotatable bonds is 7. The molecule has 0 bridgehead atoms. The molecule has 0 spiro atoms. The van der Waals surface area contributed by atoms with Crippen LogP contribution in [-0.2, 0) is 10.0 Å². The van der Waals surface area contributed by atoms with E-state index in [2.05, 4.69) is 4.72 Å². The summed E-state index contributed by atoms with van der Waals surface area (Å²) in [5.41, 5.74) is 0.666. The first-order valence-electron chi connectivity index (χ1n) is 7.33. The van der Waals surface area contributed by atoms with E-state index in [4.69, 9.17) is 20.8 Å². The largest absolute Gasteiger partial charge is 0.495 e. The summed E-state index contributed by atoms with van der Waals surface area (Å²) in [7, 11) is -2.26. The van der Waals surface area contributed by atoms with E-state index in [-0.39, 0.29) is 22.9 Å². The van der Waals surface area contributed by atoms with Gasteiger partial charge in [0.15, 0.2) is 0 Å². The molecule has 24 heavy (non-hydrogen) atoms. The van der Waals surface area contributed by atoms with Gasteiger partial charge in [0.05, 0.1) is 23.1 Å². The van der Waals surface area contributed by atoms with Crippen LogP contribution < -0.4 is 9.46 Å². The molecule has 0 radical (unpaired) electrons. The fourth-order valence-electron chi connectivity index (χ4n) is 2.36. The summed E-state index contributed by atoms with van der Waals surface area (Å²) < 4.78 is 37.3. The molecule has 1 atom stereocenters. The number of sulfonamides is 1. The number of benzene rings is 1. The van der Waals surface area contributed by atoms with Crippen LogP contribution in [0.3, 0.4) is 0 Å². The Hall–Kier alpha value is -1.54. The molecule has 1 aromatic heterocycles. The monoisotopic (exact) mass is 373 g/mol. The van der Waals surface area contributed by atoms with Gasteiger partial charge in [0.25, 0.3) is 0 Å². The number of hydrogen-bond donors (Lipinski definition) is 2. The topological polar surface area (TPSA) is 88.8 Å². The van der Waals surface area contributed by atoms with Crippen LogP contribution in [0, 0.1) is 13.8 Å². The second kappa shape index (κ2) is 7.57. The van der Waals surface area contributed by atoms with E-state index in [0.29, 0.717) is 22.8 Å². The summed E-state index contributed by atoms with van der Waals surface area (Å²) in [5, 5.41) is 10.4. The normalized spacial score (nSPS) is 13.0. The highest BCUT2D eigenvalue weighted by molar-refractivity contribution is 7.89. The Morgan fingerprint density at radius 2 is 2.04 bits per heavy atom. The van der Waals surface area contributed by atoms with Gasteiger partial charge in [-0.2, -0.15) is 0 Å². The van der Waals surface area contributed by atoms with E-state index in [1.165, 1.54) is 25.3 Å². The number of halogens is 1. The fraction of sp³-hybridized carbons (Fsp3) is 0.375. The first-order valence-corrected chi connectivity index (χ1v) is 9.19. The van der Waals surface area contributed by atoms with Crippen molar-refractivity contribution in [3.05, 3.63) is 46.4 Å². The predicted octanol–water partition coefficient (Wildman–Crippen LogP) is 2.96. The maximum Gasteiger partial charge on any atom is 0.240 e. The first-order chi connectivity index (χ1) is 11.2. The number of ether oxygens (including phenoxy) is 1. The van der Waals surface area contributed by atoms with Gasteiger partial charge in [-0.1, -0.05) is 11.6 Å². The van der Waals surface area contributed by atoms with Crippen molar-refractivity contribution < 1.29 is 22.7 Å². The van der Waals surface area contributed by atoms with Gasteiger partial charge in [-0.3, -0.25) is 0 Å². The Morgan fingerprint density at radius 1 is 1.33 bits per heavy atom. The van der Waals surface area contributed by atoms with Crippen molar-refractivity contribution in [3.63, 3.8) is 0 Å². The van der Waals surface area contributed by atoms with Gasteiger partial charge in [-0.05, 0) is 44.5 Å². The number of furan rings is 1. The van der Waals surface area contributed by atoms with E-state index >= 15 is 0 Å². The van der Waals surface area contributed by atoms with Gasteiger partial charge in [0, 0.05) is 12.1 Å². The quantitative estimate of drug-likeness (QED) is 0.778. The maximum atomic E-state index is 12.3. The van der Waals surface area contributed by atoms with Crippen LogP contribution >= 0.6 is 11.6 Å². The van der Waals surface area contributed by atoms with E-state index < -0.39 is 16.1 Å². The zero-order valence-corrected chi connectivity index (χ0v) is 15.2. The minimum atomic E-state index is -3.72. The molecule has 0 fully saturated rings. The molecule has 0 saturated heterocycles. The van der Waals surface area contributed by atoms with Crippen LogP contribution in [0.2, 0.25) is 5.02 Å². The van der Waals surface area contributed by atoms with Crippen molar-refractivity contribution in [3.8, 4) is 5.75 Å². The highest BCUT2D eigenvalue weighted by Crippen LogP contribution is 2.27. The van der Waals surface area contributed by atoms with Crippen molar-refractivity contribution in [1.82, 2.24) is 4.72 Å². The first kappa shape index (κ1) is 18.8. The fourth-order valence-corrected chi connectivity index (χ4v) is 3.76. The molecule has 0 amide bonds. The Bertz CT molecular complexity index is 816. The summed E-state index contributed by atoms with van der Waals surface area (Å²) in [5.74, 6) is 1.73.